The number of carbonyl (C=O) groups excluding carboxylic acids is 1. The van der Waals surface area contributed by atoms with Gasteiger partial charge < -0.3 is 10.6 Å². The van der Waals surface area contributed by atoms with E-state index < -0.39 is 0 Å². The van der Waals surface area contributed by atoms with Crippen LogP contribution in [0.3, 0.4) is 0 Å². The molecule has 1 amide bonds. The van der Waals surface area contributed by atoms with Gasteiger partial charge in [-0.1, -0.05) is 34.1 Å². The first-order chi connectivity index (χ1) is 11.6. The number of hydrogen-bond acceptors (Lipinski definition) is 4. The molecule has 1 atom stereocenters. The van der Waals surface area contributed by atoms with Crippen LogP contribution in [0.2, 0.25) is 0 Å². The van der Waals surface area contributed by atoms with Crippen molar-refractivity contribution in [3.63, 3.8) is 0 Å². The molecule has 1 saturated heterocycles. The molecule has 3 heterocycles. The van der Waals surface area contributed by atoms with Crippen LogP contribution in [-0.4, -0.2) is 28.2 Å². The lowest BCUT2D eigenvalue weighted by atomic mass is 10.0. The largest absolute Gasteiger partial charge is 0.382 e. The van der Waals surface area contributed by atoms with E-state index in [2.05, 4.69) is 38.0 Å². The molecule has 2 aliphatic heterocycles. The van der Waals surface area contributed by atoms with Gasteiger partial charge in [-0.15, -0.1) is 0 Å². The Morgan fingerprint density at radius 2 is 2.00 bits per heavy atom. The van der Waals surface area contributed by atoms with Gasteiger partial charge in [-0.25, -0.2) is 4.98 Å². The molecule has 0 unspecified atom stereocenters. The predicted molar refractivity (Wildman–Crippen MR) is 95.8 cm³/mol. The number of fused-ring (bicyclic) bond motifs is 1. The minimum absolute atomic E-state index is 0.0390. The highest BCUT2D eigenvalue weighted by molar-refractivity contribution is 9.10. The minimum atomic E-state index is -0.0390. The van der Waals surface area contributed by atoms with Crippen molar-refractivity contribution in [1.82, 2.24) is 9.88 Å². The summed E-state index contributed by atoms with van der Waals surface area (Å²) >= 11 is 3.46. The molecule has 1 fully saturated rings. The van der Waals surface area contributed by atoms with Crippen LogP contribution in [0.15, 0.2) is 45.9 Å². The molecule has 2 aliphatic rings. The highest BCUT2D eigenvalue weighted by Gasteiger charge is 2.31. The van der Waals surface area contributed by atoms with Crippen molar-refractivity contribution in [1.29, 1.82) is 0 Å². The van der Waals surface area contributed by atoms with E-state index in [4.69, 9.17) is 5.73 Å². The summed E-state index contributed by atoms with van der Waals surface area (Å²) in [5.41, 5.74) is 9.09. The molecule has 0 saturated carbocycles. The molecule has 1 aromatic carbocycles. The molecule has 0 bridgehead atoms. The van der Waals surface area contributed by atoms with E-state index in [1.165, 1.54) is 0 Å². The lowest BCUT2D eigenvalue weighted by Gasteiger charge is -2.25. The molecular weight excluding hydrogens is 368 g/mol. The highest BCUT2D eigenvalue weighted by Crippen LogP contribution is 2.33. The quantitative estimate of drug-likeness (QED) is 0.864. The van der Waals surface area contributed by atoms with Gasteiger partial charge in [-0.2, -0.15) is 0 Å². The minimum Gasteiger partial charge on any atom is -0.382 e. The van der Waals surface area contributed by atoms with Gasteiger partial charge in [0.25, 0.3) is 5.91 Å². The third-order valence-corrected chi connectivity index (χ3v) is 5.16. The lowest BCUT2D eigenvalue weighted by Crippen LogP contribution is -2.31. The van der Waals surface area contributed by atoms with Crippen molar-refractivity contribution in [3.05, 3.63) is 63.4 Å². The average Bonchev–Trinajstić information content (AvgIpc) is 3.22. The van der Waals surface area contributed by atoms with Crippen LogP contribution >= 0.6 is 15.9 Å². The third kappa shape index (κ3) is 2.60. The van der Waals surface area contributed by atoms with Gasteiger partial charge in [0.05, 0.1) is 12.6 Å². The van der Waals surface area contributed by atoms with Crippen LogP contribution < -0.4 is 5.73 Å². The van der Waals surface area contributed by atoms with Gasteiger partial charge >= 0.3 is 0 Å². The average molecular weight is 385 g/mol. The molecule has 0 radical (unpaired) electrons. The van der Waals surface area contributed by atoms with Crippen molar-refractivity contribution >= 4 is 27.7 Å². The van der Waals surface area contributed by atoms with Gasteiger partial charge in [-0.3, -0.25) is 9.79 Å². The van der Waals surface area contributed by atoms with E-state index in [9.17, 15) is 4.79 Å². The first-order valence-electron chi connectivity index (χ1n) is 8.00. The summed E-state index contributed by atoms with van der Waals surface area (Å²) in [4.78, 5) is 23.5. The smallest absolute Gasteiger partial charge is 0.272 e. The summed E-state index contributed by atoms with van der Waals surface area (Å²) in [6.45, 7) is 1.30. The second kappa shape index (κ2) is 6.02. The van der Waals surface area contributed by atoms with Crippen LogP contribution in [0.5, 0.6) is 0 Å². The number of halogens is 1. The Morgan fingerprint density at radius 3 is 2.79 bits per heavy atom. The number of likely N-dealkylation sites (tertiary alicyclic amines) is 1. The number of hydrogen-bond donors (Lipinski definition) is 1. The molecule has 2 N–H and O–H groups in total. The van der Waals surface area contributed by atoms with Gasteiger partial charge in [-0.05, 0) is 36.6 Å². The van der Waals surface area contributed by atoms with E-state index >= 15 is 0 Å². The monoisotopic (exact) mass is 384 g/mol. The van der Waals surface area contributed by atoms with Crippen LogP contribution in [0.4, 0.5) is 0 Å². The zero-order valence-electron chi connectivity index (χ0n) is 13.1. The normalized spacial score (nSPS) is 19.3. The Bertz CT molecular complexity index is 831. The summed E-state index contributed by atoms with van der Waals surface area (Å²) < 4.78 is 1.04. The number of benzene rings is 1. The summed E-state index contributed by atoms with van der Waals surface area (Å²) in [5, 5.41) is 0. The fourth-order valence-electron chi connectivity index (χ4n) is 3.39. The number of amides is 1. The number of aromatic nitrogens is 1. The summed E-state index contributed by atoms with van der Waals surface area (Å²) in [5.74, 6) is 0.383. The van der Waals surface area contributed by atoms with E-state index in [1.807, 2.05) is 23.1 Å². The SMILES string of the molecule is NC1=NCc2ccc(C(=O)N3CCC[C@@H]3c3ccc(Br)cc3)nc21. The maximum Gasteiger partial charge on any atom is 0.272 e. The van der Waals surface area contributed by atoms with Crippen LogP contribution in [-0.2, 0) is 6.54 Å². The molecule has 1 aromatic heterocycles. The maximum absolute atomic E-state index is 13.0. The zero-order valence-corrected chi connectivity index (χ0v) is 14.7. The number of nitrogens with zero attached hydrogens (tertiary/aromatic N) is 3. The van der Waals surface area contributed by atoms with Crippen LogP contribution in [0.1, 0.15) is 46.2 Å². The Hall–Kier alpha value is -2.21. The number of rotatable bonds is 2. The summed E-state index contributed by atoms with van der Waals surface area (Å²) in [6.07, 6.45) is 1.98. The first kappa shape index (κ1) is 15.3. The molecule has 5 nitrogen and oxygen atoms in total. The van der Waals surface area contributed by atoms with Crippen molar-refractivity contribution in [3.8, 4) is 0 Å². The standard InChI is InChI=1S/C18H17BrN4O/c19-13-6-3-11(4-7-13)15-2-1-9-23(15)18(24)14-8-5-12-10-21-17(20)16(12)22-14/h3-8,15H,1-2,9-10H2,(H2,20,21)/t15-/m1/s1. The van der Waals surface area contributed by atoms with Crippen molar-refractivity contribution in [2.75, 3.05) is 6.54 Å². The van der Waals surface area contributed by atoms with E-state index in [-0.39, 0.29) is 11.9 Å². The Labute approximate surface area is 148 Å². The second-order valence-corrected chi connectivity index (χ2v) is 7.03. The van der Waals surface area contributed by atoms with Crippen LogP contribution in [0.25, 0.3) is 0 Å². The van der Waals surface area contributed by atoms with Gasteiger partial charge in [0.1, 0.15) is 17.2 Å². The number of carbonyl (C=O) groups is 1. The van der Waals surface area contributed by atoms with Gasteiger partial charge in [0.15, 0.2) is 0 Å². The fraction of sp³-hybridized carbons (Fsp3) is 0.278. The van der Waals surface area contributed by atoms with Crippen molar-refractivity contribution in [2.24, 2.45) is 10.7 Å². The highest BCUT2D eigenvalue weighted by atomic mass is 79.9. The molecule has 2 aromatic rings. The van der Waals surface area contributed by atoms with Crippen LogP contribution in [0, 0.1) is 0 Å². The predicted octanol–water partition coefficient (Wildman–Crippen LogP) is 3.04. The fourth-order valence-corrected chi connectivity index (χ4v) is 3.65. The van der Waals surface area contributed by atoms with Gasteiger partial charge in [0, 0.05) is 16.6 Å². The van der Waals surface area contributed by atoms with E-state index in [0.717, 1.165) is 35.0 Å². The molecule has 122 valence electrons. The molecule has 6 heteroatoms. The molecular formula is C18H17BrN4O. The van der Waals surface area contributed by atoms with Crippen molar-refractivity contribution < 1.29 is 4.79 Å². The number of aliphatic imine (C=N–C) groups is 1. The zero-order chi connectivity index (χ0) is 16.7. The first-order valence-corrected chi connectivity index (χ1v) is 8.79. The second-order valence-electron chi connectivity index (χ2n) is 6.11. The van der Waals surface area contributed by atoms with E-state index in [1.54, 1.807) is 6.07 Å². The maximum atomic E-state index is 13.0. The summed E-state index contributed by atoms with van der Waals surface area (Å²) in [6, 6.07) is 12.0. The molecule has 0 spiro atoms. The Kier molecular flexibility index (Phi) is 3.84. The molecule has 0 aliphatic carbocycles. The van der Waals surface area contributed by atoms with Crippen molar-refractivity contribution in [2.45, 2.75) is 25.4 Å². The van der Waals surface area contributed by atoms with E-state index in [0.29, 0.717) is 23.8 Å². The summed E-state index contributed by atoms with van der Waals surface area (Å²) in [7, 11) is 0. The molecule has 24 heavy (non-hydrogen) atoms. The topological polar surface area (TPSA) is 71.6 Å². The third-order valence-electron chi connectivity index (χ3n) is 4.63. The number of pyridine rings is 1. The molecule has 4 rings (SSSR count). The Morgan fingerprint density at radius 1 is 1.21 bits per heavy atom. The Balaban J connectivity index is 1.63. The number of nitrogens with two attached hydrogens (primary N) is 1. The lowest BCUT2D eigenvalue weighted by molar-refractivity contribution is 0.0729. The van der Waals surface area contributed by atoms with Gasteiger partial charge in [0.2, 0.25) is 0 Å². The number of amidine groups is 1.